The van der Waals surface area contributed by atoms with Gasteiger partial charge in [-0.05, 0) is 25.3 Å². The molecule has 3 unspecified atom stereocenters. The van der Waals surface area contributed by atoms with E-state index >= 15 is 0 Å². The molecular formula is C14H16O3. The largest absolute Gasteiger partial charge is 0.490 e. The van der Waals surface area contributed by atoms with Crippen molar-refractivity contribution in [1.29, 1.82) is 0 Å². The van der Waals surface area contributed by atoms with Crippen molar-refractivity contribution in [2.75, 3.05) is 0 Å². The molecule has 0 bridgehead atoms. The van der Waals surface area contributed by atoms with Gasteiger partial charge in [0.05, 0.1) is 5.92 Å². The summed E-state index contributed by atoms with van der Waals surface area (Å²) in [5.41, 5.74) is 0.850. The van der Waals surface area contributed by atoms with E-state index in [0.29, 0.717) is 0 Å². The molecule has 3 rings (SSSR count). The summed E-state index contributed by atoms with van der Waals surface area (Å²) in [5, 5.41) is 9.47. The Morgan fingerprint density at radius 2 is 2.00 bits per heavy atom. The Morgan fingerprint density at radius 3 is 2.82 bits per heavy atom. The maximum atomic E-state index is 11.5. The topological polar surface area (TPSA) is 46.5 Å². The Morgan fingerprint density at radius 1 is 1.24 bits per heavy atom. The van der Waals surface area contributed by atoms with E-state index in [-0.39, 0.29) is 17.9 Å². The monoisotopic (exact) mass is 232 g/mol. The quantitative estimate of drug-likeness (QED) is 0.809. The Bertz CT molecular complexity index is 441. The van der Waals surface area contributed by atoms with Crippen LogP contribution < -0.4 is 4.74 Å². The summed E-state index contributed by atoms with van der Waals surface area (Å²) in [6.07, 6.45) is 4.32. The van der Waals surface area contributed by atoms with E-state index in [0.717, 1.165) is 37.0 Å². The van der Waals surface area contributed by atoms with Crippen molar-refractivity contribution < 1.29 is 14.6 Å². The van der Waals surface area contributed by atoms with Crippen LogP contribution in [0.1, 0.15) is 37.2 Å². The van der Waals surface area contributed by atoms with Crippen molar-refractivity contribution in [2.24, 2.45) is 5.92 Å². The Kier molecular flexibility index (Phi) is 2.54. The molecule has 90 valence electrons. The Labute approximate surface area is 100 Å². The molecule has 1 saturated carbocycles. The molecule has 0 aromatic heterocycles. The summed E-state index contributed by atoms with van der Waals surface area (Å²) < 4.78 is 5.95. The second-order valence-electron chi connectivity index (χ2n) is 4.96. The average Bonchev–Trinajstić information content (AvgIpc) is 2.35. The van der Waals surface area contributed by atoms with Gasteiger partial charge in [-0.1, -0.05) is 24.6 Å². The maximum Gasteiger partial charge on any atom is 0.311 e. The third-order valence-electron chi connectivity index (χ3n) is 3.98. The minimum absolute atomic E-state index is 0.0970. The van der Waals surface area contributed by atoms with E-state index < -0.39 is 5.97 Å². The zero-order chi connectivity index (χ0) is 11.8. The zero-order valence-corrected chi connectivity index (χ0v) is 9.63. The second-order valence-corrected chi connectivity index (χ2v) is 4.96. The fourth-order valence-corrected chi connectivity index (χ4v) is 3.21. The van der Waals surface area contributed by atoms with Crippen LogP contribution in [0.5, 0.6) is 5.75 Å². The second kappa shape index (κ2) is 4.06. The molecule has 2 aliphatic rings. The van der Waals surface area contributed by atoms with Crippen LogP contribution in [0.3, 0.4) is 0 Å². The van der Waals surface area contributed by atoms with Crippen LogP contribution in [0.25, 0.3) is 0 Å². The molecule has 3 atom stereocenters. The maximum absolute atomic E-state index is 11.5. The number of para-hydroxylation sites is 1. The first-order chi connectivity index (χ1) is 8.27. The highest BCUT2D eigenvalue weighted by Crippen LogP contribution is 2.45. The van der Waals surface area contributed by atoms with Gasteiger partial charge in [0, 0.05) is 11.5 Å². The summed E-state index contributed by atoms with van der Waals surface area (Å²) in [7, 11) is 0. The fourth-order valence-electron chi connectivity index (χ4n) is 3.21. The lowest BCUT2D eigenvalue weighted by molar-refractivity contribution is -0.142. The minimum atomic E-state index is -0.711. The standard InChI is InChI=1S/C14H16O3/c15-14(16)13-9-5-1-3-7-11(9)17-12-8-4-2-6-10(12)13/h1,3,5,7,10,12-13H,2,4,6,8H2,(H,15,16). The average molecular weight is 232 g/mol. The SMILES string of the molecule is O=C(O)C1c2ccccc2OC2CCCCC21. The van der Waals surface area contributed by atoms with E-state index in [1.54, 1.807) is 0 Å². The molecule has 0 amide bonds. The van der Waals surface area contributed by atoms with E-state index in [1.807, 2.05) is 24.3 Å². The van der Waals surface area contributed by atoms with Crippen LogP contribution in [-0.4, -0.2) is 17.2 Å². The van der Waals surface area contributed by atoms with Crippen LogP contribution in [-0.2, 0) is 4.79 Å². The molecule has 1 aliphatic heterocycles. The van der Waals surface area contributed by atoms with Gasteiger partial charge in [0.2, 0.25) is 0 Å². The molecule has 0 radical (unpaired) electrons. The number of carbonyl (C=O) groups is 1. The first-order valence-electron chi connectivity index (χ1n) is 6.26. The van der Waals surface area contributed by atoms with Gasteiger partial charge in [-0.25, -0.2) is 0 Å². The van der Waals surface area contributed by atoms with Crippen LogP contribution in [0, 0.1) is 5.92 Å². The van der Waals surface area contributed by atoms with Gasteiger partial charge in [0.1, 0.15) is 11.9 Å². The van der Waals surface area contributed by atoms with Gasteiger partial charge < -0.3 is 9.84 Å². The van der Waals surface area contributed by atoms with Gasteiger partial charge in [-0.15, -0.1) is 0 Å². The van der Waals surface area contributed by atoms with Crippen LogP contribution >= 0.6 is 0 Å². The predicted octanol–water partition coefficient (Wildman–Crippen LogP) is 2.81. The third-order valence-corrected chi connectivity index (χ3v) is 3.98. The number of hydrogen-bond donors (Lipinski definition) is 1. The molecule has 1 aliphatic carbocycles. The van der Waals surface area contributed by atoms with Crippen molar-refractivity contribution >= 4 is 5.97 Å². The van der Waals surface area contributed by atoms with Crippen molar-refractivity contribution in [3.05, 3.63) is 29.8 Å². The molecule has 1 heterocycles. The van der Waals surface area contributed by atoms with E-state index in [4.69, 9.17) is 4.74 Å². The lowest BCUT2D eigenvalue weighted by Crippen LogP contribution is -2.41. The highest BCUT2D eigenvalue weighted by Gasteiger charge is 2.42. The van der Waals surface area contributed by atoms with Gasteiger partial charge in [-0.3, -0.25) is 4.79 Å². The Balaban J connectivity index is 2.05. The van der Waals surface area contributed by atoms with Crippen molar-refractivity contribution in [3.8, 4) is 5.75 Å². The summed E-state index contributed by atoms with van der Waals surface area (Å²) >= 11 is 0. The van der Waals surface area contributed by atoms with Crippen LogP contribution in [0.15, 0.2) is 24.3 Å². The Hall–Kier alpha value is -1.51. The van der Waals surface area contributed by atoms with Crippen LogP contribution in [0.2, 0.25) is 0 Å². The summed E-state index contributed by atoms with van der Waals surface area (Å²) in [5.74, 6) is -0.179. The molecule has 1 fully saturated rings. The highest BCUT2D eigenvalue weighted by molar-refractivity contribution is 5.78. The zero-order valence-electron chi connectivity index (χ0n) is 9.63. The van der Waals surface area contributed by atoms with Crippen LogP contribution in [0.4, 0.5) is 0 Å². The number of rotatable bonds is 1. The van der Waals surface area contributed by atoms with Gasteiger partial charge in [-0.2, -0.15) is 0 Å². The van der Waals surface area contributed by atoms with Crippen molar-refractivity contribution in [1.82, 2.24) is 0 Å². The molecule has 0 spiro atoms. The number of aliphatic carboxylic acids is 1. The highest BCUT2D eigenvalue weighted by atomic mass is 16.5. The number of carboxylic acid groups (broad SMARTS) is 1. The molecule has 3 heteroatoms. The van der Waals surface area contributed by atoms with Crippen molar-refractivity contribution in [3.63, 3.8) is 0 Å². The van der Waals surface area contributed by atoms with E-state index in [9.17, 15) is 9.90 Å². The number of carboxylic acids is 1. The first-order valence-corrected chi connectivity index (χ1v) is 6.26. The number of ether oxygens (including phenoxy) is 1. The summed E-state index contributed by atoms with van der Waals surface area (Å²) in [6.45, 7) is 0. The first kappa shape index (κ1) is 10.6. The van der Waals surface area contributed by atoms with Crippen molar-refractivity contribution in [2.45, 2.75) is 37.7 Å². The molecule has 17 heavy (non-hydrogen) atoms. The van der Waals surface area contributed by atoms with E-state index in [2.05, 4.69) is 0 Å². The van der Waals surface area contributed by atoms with E-state index in [1.165, 1.54) is 0 Å². The molecule has 1 N–H and O–H groups in total. The minimum Gasteiger partial charge on any atom is -0.490 e. The van der Waals surface area contributed by atoms with Gasteiger partial charge >= 0.3 is 5.97 Å². The summed E-state index contributed by atoms with van der Waals surface area (Å²) in [4.78, 5) is 11.5. The number of benzene rings is 1. The smallest absolute Gasteiger partial charge is 0.311 e. The molecule has 0 saturated heterocycles. The molecular weight excluding hydrogens is 216 g/mol. The molecule has 3 nitrogen and oxygen atoms in total. The molecule has 1 aromatic carbocycles. The van der Waals surface area contributed by atoms with Gasteiger partial charge in [0.15, 0.2) is 0 Å². The molecule has 1 aromatic rings. The van der Waals surface area contributed by atoms with Gasteiger partial charge in [0.25, 0.3) is 0 Å². The third kappa shape index (κ3) is 1.70. The lowest BCUT2D eigenvalue weighted by atomic mass is 9.73. The number of fused-ring (bicyclic) bond motifs is 2. The number of hydrogen-bond acceptors (Lipinski definition) is 2. The fraction of sp³-hybridized carbons (Fsp3) is 0.500. The lowest BCUT2D eigenvalue weighted by Gasteiger charge is -2.40. The predicted molar refractivity (Wildman–Crippen MR) is 63.2 cm³/mol. The summed E-state index contributed by atoms with van der Waals surface area (Å²) in [6, 6.07) is 7.57. The normalized spacial score (nSPS) is 30.9.